The molecule has 0 aliphatic heterocycles. The molecule has 0 aliphatic carbocycles. The van der Waals surface area contributed by atoms with E-state index in [4.69, 9.17) is 11.6 Å². The van der Waals surface area contributed by atoms with Crippen molar-refractivity contribution < 1.29 is 4.79 Å². The van der Waals surface area contributed by atoms with E-state index >= 15 is 0 Å². The van der Waals surface area contributed by atoms with E-state index in [1.807, 2.05) is 18.2 Å². The number of halogens is 3. The average Bonchev–Trinajstić information content (AvgIpc) is 2.16. The first kappa shape index (κ1) is 12.5. The van der Waals surface area contributed by atoms with Crippen LogP contribution in [-0.4, -0.2) is 5.78 Å². The minimum atomic E-state index is -0.244. The lowest BCUT2D eigenvalue weighted by Crippen LogP contribution is -2.05. The maximum atomic E-state index is 11.2. The molecule has 1 rings (SSSR count). The molecule has 0 heterocycles. The number of carbonyl (C=O) groups excluding carboxylic acids is 1. The number of hydrogen-bond acceptors (Lipinski definition) is 1. The van der Waals surface area contributed by atoms with Crippen LogP contribution >= 0.6 is 50.1 Å². The fourth-order valence-electron chi connectivity index (χ4n) is 1.17. The van der Waals surface area contributed by atoms with Gasteiger partial charge in [0.15, 0.2) is 0 Å². The Morgan fingerprint density at radius 1 is 1.64 bits per heavy atom. The molecule has 1 atom stereocenters. The van der Waals surface area contributed by atoms with E-state index in [0.717, 1.165) is 14.7 Å². The molecule has 0 saturated heterocycles. The molecule has 1 unspecified atom stereocenters. The van der Waals surface area contributed by atoms with Crippen LogP contribution in [0.4, 0.5) is 0 Å². The molecule has 0 aliphatic rings. The van der Waals surface area contributed by atoms with Crippen molar-refractivity contribution >= 4 is 55.9 Å². The molecule has 1 nitrogen and oxygen atoms in total. The Balaban J connectivity index is 3.20. The van der Waals surface area contributed by atoms with E-state index < -0.39 is 0 Å². The lowest BCUT2D eigenvalue weighted by Gasteiger charge is -2.12. The van der Waals surface area contributed by atoms with Gasteiger partial charge in [-0.1, -0.05) is 28.1 Å². The third-order valence-corrected chi connectivity index (χ3v) is 4.33. The fraction of sp³-hybridized carbons (Fsp3) is 0.300. The number of rotatable bonds is 3. The fourth-order valence-corrected chi connectivity index (χ4v) is 2.84. The van der Waals surface area contributed by atoms with Gasteiger partial charge in [-0.2, -0.15) is 0 Å². The largest absolute Gasteiger partial charge is 0.298 e. The molecule has 4 heteroatoms. The summed E-state index contributed by atoms with van der Waals surface area (Å²) < 4.78 is 1.10. The van der Waals surface area contributed by atoms with Crippen LogP contribution in [0.25, 0.3) is 0 Å². The highest BCUT2D eigenvalue weighted by Gasteiger charge is 2.17. The number of ketones is 1. The van der Waals surface area contributed by atoms with Gasteiger partial charge in [0, 0.05) is 9.45 Å². The standard InChI is InChI=1S/C10H9BrClIO/c1-6(14)10(11)7-3-2-4-9(13)8(7)5-12/h2-4,10H,5H2,1H3. The maximum Gasteiger partial charge on any atom is 0.147 e. The summed E-state index contributed by atoms with van der Waals surface area (Å²) >= 11 is 11.4. The highest BCUT2D eigenvalue weighted by molar-refractivity contribution is 14.1. The van der Waals surface area contributed by atoms with Gasteiger partial charge in [-0.05, 0) is 46.7 Å². The van der Waals surface area contributed by atoms with Crippen LogP contribution in [0.3, 0.4) is 0 Å². The molecular weight excluding hydrogens is 378 g/mol. The summed E-state index contributed by atoms with van der Waals surface area (Å²) in [7, 11) is 0. The molecule has 0 bridgehead atoms. The van der Waals surface area contributed by atoms with Gasteiger partial charge < -0.3 is 0 Å². The van der Waals surface area contributed by atoms with Gasteiger partial charge in [-0.15, -0.1) is 11.6 Å². The SMILES string of the molecule is CC(=O)C(Br)c1cccc(I)c1CCl. The van der Waals surface area contributed by atoms with E-state index in [2.05, 4.69) is 38.5 Å². The Hall–Kier alpha value is 0.390. The Morgan fingerprint density at radius 2 is 2.29 bits per heavy atom. The molecule has 0 saturated carbocycles. The van der Waals surface area contributed by atoms with Crippen molar-refractivity contribution in [1.29, 1.82) is 0 Å². The number of carbonyl (C=O) groups is 1. The van der Waals surface area contributed by atoms with Crippen molar-refractivity contribution in [2.45, 2.75) is 17.6 Å². The second-order valence-corrected chi connectivity index (χ2v) is 5.26. The molecule has 76 valence electrons. The van der Waals surface area contributed by atoms with Gasteiger partial charge in [0.05, 0.1) is 4.83 Å². The van der Waals surface area contributed by atoms with Crippen LogP contribution in [0.1, 0.15) is 22.9 Å². The molecule has 0 N–H and O–H groups in total. The molecule has 1 aromatic rings. The van der Waals surface area contributed by atoms with E-state index in [9.17, 15) is 4.79 Å². The average molecular weight is 387 g/mol. The minimum Gasteiger partial charge on any atom is -0.298 e. The topological polar surface area (TPSA) is 17.1 Å². The van der Waals surface area contributed by atoms with E-state index in [0.29, 0.717) is 5.88 Å². The predicted octanol–water partition coefficient (Wildman–Crippen LogP) is 4.06. The van der Waals surface area contributed by atoms with Gasteiger partial charge >= 0.3 is 0 Å². The first-order valence-corrected chi connectivity index (χ1v) is 6.58. The number of hydrogen-bond donors (Lipinski definition) is 0. The van der Waals surface area contributed by atoms with Crippen LogP contribution in [0, 0.1) is 3.57 Å². The van der Waals surface area contributed by atoms with Crippen molar-refractivity contribution in [1.82, 2.24) is 0 Å². The smallest absolute Gasteiger partial charge is 0.147 e. The van der Waals surface area contributed by atoms with Gasteiger partial charge in [0.25, 0.3) is 0 Å². The van der Waals surface area contributed by atoms with Crippen LogP contribution in [0.5, 0.6) is 0 Å². The number of benzene rings is 1. The molecule has 0 radical (unpaired) electrons. The second kappa shape index (κ2) is 5.47. The molecule has 0 aromatic heterocycles. The zero-order chi connectivity index (χ0) is 10.7. The van der Waals surface area contributed by atoms with Crippen molar-refractivity contribution in [2.24, 2.45) is 0 Å². The van der Waals surface area contributed by atoms with E-state index in [-0.39, 0.29) is 10.6 Å². The summed E-state index contributed by atoms with van der Waals surface area (Å²) in [5.41, 5.74) is 2.01. The summed E-state index contributed by atoms with van der Waals surface area (Å²) in [4.78, 5) is 11.0. The summed E-state index contributed by atoms with van der Waals surface area (Å²) in [6, 6.07) is 5.85. The van der Waals surface area contributed by atoms with Crippen molar-refractivity contribution in [3.63, 3.8) is 0 Å². The van der Waals surface area contributed by atoms with Crippen molar-refractivity contribution in [2.75, 3.05) is 0 Å². The quantitative estimate of drug-likeness (QED) is 0.565. The first-order valence-electron chi connectivity index (χ1n) is 4.05. The van der Waals surface area contributed by atoms with Gasteiger partial charge in [-0.25, -0.2) is 0 Å². The highest BCUT2D eigenvalue weighted by Crippen LogP contribution is 2.30. The second-order valence-electron chi connectivity index (χ2n) is 2.91. The molecule has 14 heavy (non-hydrogen) atoms. The maximum absolute atomic E-state index is 11.2. The number of Topliss-reactive ketones (excluding diaryl/α,β-unsaturated/α-hetero) is 1. The molecular formula is C10H9BrClIO. The van der Waals surface area contributed by atoms with E-state index in [1.54, 1.807) is 6.92 Å². The van der Waals surface area contributed by atoms with Crippen LogP contribution in [-0.2, 0) is 10.7 Å². The molecule has 0 fully saturated rings. The zero-order valence-corrected chi connectivity index (χ0v) is 12.1. The first-order chi connectivity index (χ1) is 6.57. The lowest BCUT2D eigenvalue weighted by molar-refractivity contribution is -0.116. The summed E-state index contributed by atoms with van der Waals surface area (Å²) in [5, 5.41) is 0. The third kappa shape index (κ3) is 2.70. The van der Waals surface area contributed by atoms with Gasteiger partial charge in [0.2, 0.25) is 0 Å². The Morgan fingerprint density at radius 3 is 2.79 bits per heavy atom. The predicted molar refractivity (Wildman–Crippen MR) is 71.1 cm³/mol. The van der Waals surface area contributed by atoms with Crippen molar-refractivity contribution in [3.05, 3.63) is 32.9 Å². The summed E-state index contributed by atoms with van der Waals surface area (Å²) in [5.74, 6) is 0.530. The molecule has 0 amide bonds. The van der Waals surface area contributed by atoms with Crippen LogP contribution in [0.2, 0.25) is 0 Å². The summed E-state index contributed by atoms with van der Waals surface area (Å²) in [6.45, 7) is 1.57. The van der Waals surface area contributed by atoms with Crippen LogP contribution in [0.15, 0.2) is 18.2 Å². The minimum absolute atomic E-state index is 0.0957. The molecule has 1 aromatic carbocycles. The zero-order valence-electron chi connectivity index (χ0n) is 7.56. The number of alkyl halides is 2. The monoisotopic (exact) mass is 386 g/mol. The van der Waals surface area contributed by atoms with Crippen molar-refractivity contribution in [3.8, 4) is 0 Å². The van der Waals surface area contributed by atoms with Gasteiger partial charge in [0.1, 0.15) is 5.78 Å². The third-order valence-electron chi connectivity index (χ3n) is 1.92. The summed E-state index contributed by atoms with van der Waals surface area (Å²) in [6.07, 6.45) is 0. The lowest BCUT2D eigenvalue weighted by atomic mass is 10.0. The van der Waals surface area contributed by atoms with Crippen LogP contribution < -0.4 is 0 Å². The van der Waals surface area contributed by atoms with E-state index in [1.165, 1.54) is 0 Å². The Labute approximate surface area is 110 Å². The highest BCUT2D eigenvalue weighted by atomic mass is 127. The normalized spacial score (nSPS) is 12.6. The molecule has 0 spiro atoms. The Bertz CT molecular complexity index is 354. The van der Waals surface area contributed by atoms with Gasteiger partial charge in [-0.3, -0.25) is 4.79 Å². The Kier molecular flexibility index (Phi) is 4.87.